The molecule has 2 rings (SSSR count). The molecule has 1 aliphatic heterocycles. The first-order valence-electron chi connectivity index (χ1n) is 6.41. The number of carbonyl (C=O) groups excluding carboxylic acids is 1. The molecule has 1 amide bonds. The average molecular weight is 282 g/mol. The zero-order valence-electron chi connectivity index (χ0n) is 11.3. The fraction of sp³-hybridized carbons (Fsp3) is 0.538. The molecule has 0 bridgehead atoms. The summed E-state index contributed by atoms with van der Waals surface area (Å²) in [6.45, 7) is 1.80. The summed E-state index contributed by atoms with van der Waals surface area (Å²) in [6.07, 6.45) is 0.858. The molecule has 0 aromatic carbocycles. The van der Waals surface area contributed by atoms with Crippen LogP contribution in [-0.2, 0) is 20.8 Å². The monoisotopic (exact) mass is 282 g/mol. The second-order valence-corrected chi connectivity index (χ2v) is 4.53. The number of nitrogens with zero attached hydrogens (tertiary/aromatic N) is 2. The molecule has 110 valence electrons. The first kappa shape index (κ1) is 14.5. The fourth-order valence-corrected chi connectivity index (χ4v) is 2.14. The standard InChI is InChI=1S/C13H18N2O5/c1-19-7-5-14-4-2-3-10(14)12(16)15-6-8-20-11(9-15)13(17)18/h2-4,11H,5-9H2,1H3,(H,17,18). The Kier molecular flexibility index (Phi) is 4.75. The van der Waals surface area contributed by atoms with Gasteiger partial charge in [-0.3, -0.25) is 4.79 Å². The maximum atomic E-state index is 12.4. The van der Waals surface area contributed by atoms with Crippen LogP contribution in [0.4, 0.5) is 0 Å². The van der Waals surface area contributed by atoms with Crippen molar-refractivity contribution in [1.82, 2.24) is 9.47 Å². The molecular formula is C13H18N2O5. The van der Waals surface area contributed by atoms with Gasteiger partial charge in [0.05, 0.1) is 19.8 Å². The highest BCUT2D eigenvalue weighted by molar-refractivity contribution is 5.93. The van der Waals surface area contributed by atoms with E-state index in [1.807, 2.05) is 0 Å². The lowest BCUT2D eigenvalue weighted by atomic mass is 10.2. The third kappa shape index (κ3) is 3.17. The second kappa shape index (κ2) is 6.53. The normalized spacial score (nSPS) is 19.1. The summed E-state index contributed by atoms with van der Waals surface area (Å²) in [5.74, 6) is -1.22. The number of aliphatic carboxylic acids is 1. The lowest BCUT2D eigenvalue weighted by Gasteiger charge is -2.31. The maximum Gasteiger partial charge on any atom is 0.334 e. The Hall–Kier alpha value is -1.86. The van der Waals surface area contributed by atoms with E-state index in [2.05, 4.69) is 0 Å². The van der Waals surface area contributed by atoms with Gasteiger partial charge in [-0.15, -0.1) is 0 Å². The summed E-state index contributed by atoms with van der Waals surface area (Å²) < 4.78 is 11.9. The number of hydrogen-bond acceptors (Lipinski definition) is 4. The molecule has 1 unspecified atom stereocenters. The van der Waals surface area contributed by atoms with Crippen LogP contribution in [0.3, 0.4) is 0 Å². The molecule has 1 aliphatic rings. The molecule has 0 radical (unpaired) electrons. The lowest BCUT2D eigenvalue weighted by molar-refractivity contribution is -0.154. The van der Waals surface area contributed by atoms with Gasteiger partial charge in [0, 0.05) is 26.4 Å². The van der Waals surface area contributed by atoms with E-state index in [4.69, 9.17) is 14.6 Å². The molecule has 2 heterocycles. The third-order valence-electron chi connectivity index (χ3n) is 3.21. The van der Waals surface area contributed by atoms with Gasteiger partial charge < -0.3 is 24.0 Å². The van der Waals surface area contributed by atoms with Crippen LogP contribution >= 0.6 is 0 Å². The number of carboxylic acids is 1. The van der Waals surface area contributed by atoms with Gasteiger partial charge in [-0.05, 0) is 12.1 Å². The lowest BCUT2D eigenvalue weighted by Crippen LogP contribution is -2.48. The second-order valence-electron chi connectivity index (χ2n) is 4.53. The Morgan fingerprint density at radius 2 is 2.35 bits per heavy atom. The van der Waals surface area contributed by atoms with Crippen LogP contribution in [0.2, 0.25) is 0 Å². The van der Waals surface area contributed by atoms with Crippen molar-refractivity contribution >= 4 is 11.9 Å². The predicted molar refractivity (Wildman–Crippen MR) is 69.6 cm³/mol. The Bertz CT molecular complexity index is 485. The first-order chi connectivity index (χ1) is 9.63. The van der Waals surface area contributed by atoms with Gasteiger partial charge in [0.2, 0.25) is 0 Å². The smallest absolute Gasteiger partial charge is 0.334 e. The maximum absolute atomic E-state index is 12.4. The van der Waals surface area contributed by atoms with Crippen molar-refractivity contribution in [3.8, 4) is 0 Å². The number of methoxy groups -OCH3 is 1. The molecule has 0 aliphatic carbocycles. The van der Waals surface area contributed by atoms with Crippen LogP contribution in [0.1, 0.15) is 10.5 Å². The summed E-state index contributed by atoms with van der Waals surface area (Å²) in [4.78, 5) is 24.9. The highest BCUT2D eigenvalue weighted by atomic mass is 16.5. The largest absolute Gasteiger partial charge is 0.479 e. The van der Waals surface area contributed by atoms with Crippen LogP contribution in [0.5, 0.6) is 0 Å². The third-order valence-corrected chi connectivity index (χ3v) is 3.21. The summed E-state index contributed by atoms with van der Waals surface area (Å²) >= 11 is 0. The van der Waals surface area contributed by atoms with Crippen molar-refractivity contribution < 1.29 is 24.2 Å². The molecule has 1 aromatic heterocycles. The molecule has 0 spiro atoms. The molecule has 1 fully saturated rings. The average Bonchev–Trinajstić information content (AvgIpc) is 2.92. The van der Waals surface area contributed by atoms with E-state index in [-0.39, 0.29) is 19.1 Å². The summed E-state index contributed by atoms with van der Waals surface area (Å²) in [5.41, 5.74) is 0.535. The van der Waals surface area contributed by atoms with E-state index in [0.29, 0.717) is 25.4 Å². The van der Waals surface area contributed by atoms with Gasteiger partial charge >= 0.3 is 5.97 Å². The van der Waals surface area contributed by atoms with Crippen LogP contribution in [0, 0.1) is 0 Å². The van der Waals surface area contributed by atoms with E-state index in [1.165, 1.54) is 4.90 Å². The molecule has 1 aromatic rings. The van der Waals surface area contributed by atoms with Crippen molar-refractivity contribution in [3.05, 3.63) is 24.0 Å². The van der Waals surface area contributed by atoms with Crippen molar-refractivity contribution in [2.24, 2.45) is 0 Å². The minimum atomic E-state index is -1.04. The van der Waals surface area contributed by atoms with Crippen LogP contribution < -0.4 is 0 Å². The predicted octanol–water partition coefficient (Wildman–Crippen LogP) is 0.0601. The van der Waals surface area contributed by atoms with E-state index >= 15 is 0 Å². The van der Waals surface area contributed by atoms with Gasteiger partial charge in [-0.2, -0.15) is 0 Å². The van der Waals surface area contributed by atoms with Gasteiger partial charge in [0.1, 0.15) is 5.69 Å². The fourth-order valence-electron chi connectivity index (χ4n) is 2.14. The highest BCUT2D eigenvalue weighted by Gasteiger charge is 2.30. The minimum absolute atomic E-state index is 0.0730. The summed E-state index contributed by atoms with van der Waals surface area (Å²) in [7, 11) is 1.60. The van der Waals surface area contributed by atoms with Crippen molar-refractivity contribution in [2.45, 2.75) is 12.6 Å². The van der Waals surface area contributed by atoms with Crippen LogP contribution in [0.15, 0.2) is 18.3 Å². The molecule has 7 heteroatoms. The Labute approximate surface area is 116 Å². The van der Waals surface area contributed by atoms with Crippen LogP contribution in [0.25, 0.3) is 0 Å². The van der Waals surface area contributed by atoms with E-state index in [0.717, 1.165) is 0 Å². The molecule has 1 saturated heterocycles. The highest BCUT2D eigenvalue weighted by Crippen LogP contribution is 2.12. The van der Waals surface area contributed by atoms with Crippen molar-refractivity contribution in [3.63, 3.8) is 0 Å². The molecule has 20 heavy (non-hydrogen) atoms. The number of rotatable bonds is 5. The number of aromatic nitrogens is 1. The Morgan fingerprint density at radius 3 is 3.05 bits per heavy atom. The zero-order chi connectivity index (χ0) is 14.5. The minimum Gasteiger partial charge on any atom is -0.479 e. The number of hydrogen-bond donors (Lipinski definition) is 1. The Morgan fingerprint density at radius 1 is 1.55 bits per heavy atom. The first-order valence-corrected chi connectivity index (χ1v) is 6.41. The number of carboxylic acid groups (broad SMARTS) is 1. The SMILES string of the molecule is COCCn1cccc1C(=O)N1CCOC(C(=O)O)C1. The molecular weight excluding hydrogens is 264 g/mol. The number of morpholine rings is 1. The topological polar surface area (TPSA) is 81.0 Å². The quantitative estimate of drug-likeness (QED) is 0.826. The van der Waals surface area contributed by atoms with Crippen molar-refractivity contribution in [2.75, 3.05) is 33.4 Å². The zero-order valence-corrected chi connectivity index (χ0v) is 11.3. The molecule has 1 N–H and O–H groups in total. The summed E-state index contributed by atoms with van der Waals surface area (Å²) in [6, 6.07) is 3.52. The van der Waals surface area contributed by atoms with Gasteiger partial charge in [-0.1, -0.05) is 0 Å². The van der Waals surface area contributed by atoms with E-state index in [9.17, 15) is 9.59 Å². The number of amides is 1. The van der Waals surface area contributed by atoms with E-state index < -0.39 is 12.1 Å². The number of carbonyl (C=O) groups is 2. The molecule has 7 nitrogen and oxygen atoms in total. The van der Waals surface area contributed by atoms with Crippen LogP contribution in [-0.4, -0.2) is 66.0 Å². The van der Waals surface area contributed by atoms with Gasteiger partial charge in [0.25, 0.3) is 5.91 Å². The molecule has 0 saturated carbocycles. The van der Waals surface area contributed by atoms with Gasteiger partial charge in [-0.25, -0.2) is 4.79 Å². The van der Waals surface area contributed by atoms with Gasteiger partial charge in [0.15, 0.2) is 6.10 Å². The van der Waals surface area contributed by atoms with Crippen molar-refractivity contribution in [1.29, 1.82) is 0 Å². The molecule has 1 atom stereocenters. The Balaban J connectivity index is 2.07. The van der Waals surface area contributed by atoms with E-state index in [1.54, 1.807) is 30.0 Å². The number of ether oxygens (including phenoxy) is 2. The summed E-state index contributed by atoms with van der Waals surface area (Å²) in [5, 5.41) is 8.95.